The Morgan fingerprint density at radius 2 is 1.55 bits per heavy atom. The van der Waals surface area contributed by atoms with Gasteiger partial charge < -0.3 is 20.4 Å². The molecule has 0 radical (unpaired) electrons. The molecule has 4 rings (SSSR count). The number of nitrogens with zero attached hydrogens (tertiary/aromatic N) is 3. The van der Waals surface area contributed by atoms with Gasteiger partial charge in [-0.25, -0.2) is 22.5 Å². The van der Waals surface area contributed by atoms with Crippen LogP contribution in [-0.2, 0) is 0 Å². The molecule has 216 valence electrons. The monoisotopic (exact) mass is 584 g/mol. The van der Waals surface area contributed by atoms with Crippen LogP contribution in [0.15, 0.2) is 29.2 Å². The predicted octanol–water partition coefficient (Wildman–Crippen LogP) is 2.80. The number of aliphatic hydroxyl groups excluding tert-OH is 2. The minimum Gasteiger partial charge on any atom is -0.389 e. The van der Waals surface area contributed by atoms with Gasteiger partial charge in [0.1, 0.15) is 17.1 Å². The normalized spacial score (nSPS) is 18.9. The van der Waals surface area contributed by atoms with Gasteiger partial charge in [0, 0.05) is 31.4 Å². The highest BCUT2D eigenvalue weighted by atomic mass is 19.4. The number of aromatic nitrogens is 2. The minimum absolute atomic E-state index is 0.200. The molecule has 1 saturated heterocycles. The van der Waals surface area contributed by atoms with Gasteiger partial charge in [0.25, 0.3) is 5.91 Å². The molecular weight excluding hydrogens is 567 g/mol. The first-order chi connectivity index (χ1) is 18.4. The minimum atomic E-state index is -6.09. The van der Waals surface area contributed by atoms with E-state index in [-0.39, 0.29) is 32.1 Å². The van der Waals surface area contributed by atoms with Crippen LogP contribution in [0, 0.1) is 23.3 Å². The molecule has 1 aromatic carbocycles. The van der Waals surface area contributed by atoms with Gasteiger partial charge in [-0.1, -0.05) is 0 Å². The van der Waals surface area contributed by atoms with Crippen LogP contribution >= 0.6 is 0 Å². The van der Waals surface area contributed by atoms with Gasteiger partial charge in [-0.15, -0.1) is 0 Å². The first kappa shape index (κ1) is 29.1. The lowest BCUT2D eigenvalue weighted by Gasteiger charge is -2.26. The number of aliphatic hydroxyl groups is 2. The highest BCUT2D eigenvalue weighted by molar-refractivity contribution is 5.97. The Labute approximate surface area is 217 Å². The van der Waals surface area contributed by atoms with E-state index in [1.54, 1.807) is 0 Å². The van der Waals surface area contributed by atoms with Crippen molar-refractivity contribution in [1.29, 1.82) is 0 Å². The van der Waals surface area contributed by atoms with Crippen molar-refractivity contribution in [2.75, 3.05) is 18.0 Å². The second kappa shape index (κ2) is 9.96. The number of carbonyl (C=O) groups is 1. The number of hydrogen-bond acceptors (Lipinski definition) is 6. The molecule has 3 N–H and O–H groups in total. The maximum absolute atomic E-state index is 15.0. The third kappa shape index (κ3) is 4.94. The summed E-state index contributed by atoms with van der Waals surface area (Å²) in [5.41, 5.74) is -4.61. The van der Waals surface area contributed by atoms with Gasteiger partial charge >= 0.3 is 12.1 Å². The molecule has 40 heavy (non-hydrogen) atoms. The Morgan fingerprint density at radius 3 is 2.08 bits per heavy atom. The predicted molar refractivity (Wildman–Crippen MR) is 119 cm³/mol. The Kier molecular flexibility index (Phi) is 7.25. The summed E-state index contributed by atoms with van der Waals surface area (Å²) in [6, 6.07) is -2.07. The number of β-amino-alcohol motifs (C(OH)–C–C–N with tert-alkyl or cyclic N) is 2. The fraction of sp³-hybridized carbons (Fsp3) is 0.348. The molecule has 8 nitrogen and oxygen atoms in total. The maximum atomic E-state index is 15.0. The summed E-state index contributed by atoms with van der Waals surface area (Å²) in [4.78, 5) is 30.6. The number of carbonyl (C=O) groups excluding carboxylic acids is 1. The van der Waals surface area contributed by atoms with Gasteiger partial charge in [0.2, 0.25) is 5.43 Å². The van der Waals surface area contributed by atoms with Crippen molar-refractivity contribution >= 4 is 22.8 Å². The van der Waals surface area contributed by atoms with Crippen LogP contribution in [0.25, 0.3) is 16.7 Å². The van der Waals surface area contributed by atoms with Gasteiger partial charge in [-0.2, -0.15) is 22.0 Å². The SMILES string of the molecule is CC(NC(=O)c1cn(-c2c(F)cc(F)cc2F)c2nc(N3CC(O)C(O)C3)c(F)cc2c1=O)C(F)(F)C(F)(F)F. The second-order valence-corrected chi connectivity index (χ2v) is 8.98. The van der Waals surface area contributed by atoms with Crippen molar-refractivity contribution in [1.82, 2.24) is 14.9 Å². The van der Waals surface area contributed by atoms with E-state index in [2.05, 4.69) is 4.98 Å². The number of halogens is 9. The van der Waals surface area contributed by atoms with Crippen LogP contribution in [-0.4, -0.2) is 69.1 Å². The van der Waals surface area contributed by atoms with Gasteiger partial charge in [-0.05, 0) is 13.0 Å². The molecule has 0 spiro atoms. The number of benzene rings is 1. The smallest absolute Gasteiger partial charge is 0.389 e. The molecule has 3 heterocycles. The second-order valence-electron chi connectivity index (χ2n) is 8.98. The van der Waals surface area contributed by atoms with Crippen LogP contribution < -0.4 is 15.6 Å². The number of anilines is 1. The van der Waals surface area contributed by atoms with Crippen LogP contribution in [0.3, 0.4) is 0 Å². The average Bonchev–Trinajstić information content (AvgIpc) is 3.16. The molecule has 0 bridgehead atoms. The van der Waals surface area contributed by atoms with Crippen molar-refractivity contribution < 1.29 is 54.5 Å². The first-order valence-electron chi connectivity index (χ1n) is 11.2. The number of amides is 1. The van der Waals surface area contributed by atoms with E-state index in [1.807, 2.05) is 0 Å². The number of hydrogen-bond donors (Lipinski definition) is 3. The zero-order valence-corrected chi connectivity index (χ0v) is 19.9. The first-order valence-corrected chi connectivity index (χ1v) is 11.2. The summed E-state index contributed by atoms with van der Waals surface area (Å²) in [7, 11) is 0. The lowest BCUT2D eigenvalue weighted by Crippen LogP contribution is -2.54. The summed E-state index contributed by atoms with van der Waals surface area (Å²) in [5, 5.41) is 20.0. The lowest BCUT2D eigenvalue weighted by molar-refractivity contribution is -0.290. The average molecular weight is 584 g/mol. The zero-order chi connectivity index (χ0) is 29.9. The number of fused-ring (bicyclic) bond motifs is 1. The van der Waals surface area contributed by atoms with Crippen LogP contribution in [0.5, 0.6) is 0 Å². The number of nitrogens with one attached hydrogen (secondary N) is 1. The van der Waals surface area contributed by atoms with E-state index >= 15 is 4.39 Å². The molecule has 3 aromatic rings. The summed E-state index contributed by atoms with van der Waals surface area (Å²) in [5.74, 6) is -13.8. The summed E-state index contributed by atoms with van der Waals surface area (Å²) < 4.78 is 124. The highest BCUT2D eigenvalue weighted by Gasteiger charge is 2.61. The van der Waals surface area contributed by atoms with E-state index in [1.165, 1.54) is 5.32 Å². The fourth-order valence-corrected chi connectivity index (χ4v) is 4.09. The van der Waals surface area contributed by atoms with E-state index < -0.39 is 93.1 Å². The van der Waals surface area contributed by atoms with Gasteiger partial charge in [-0.3, -0.25) is 14.2 Å². The van der Waals surface area contributed by atoms with Crippen molar-refractivity contribution in [3.05, 3.63) is 63.5 Å². The number of alkyl halides is 5. The molecule has 0 aliphatic carbocycles. The molecular formula is C23H17F9N4O4. The Hall–Kier alpha value is -3.86. The van der Waals surface area contributed by atoms with Gasteiger partial charge in [0.05, 0.1) is 23.6 Å². The summed E-state index contributed by atoms with van der Waals surface area (Å²) in [6.07, 6.45) is -8.41. The zero-order valence-electron chi connectivity index (χ0n) is 19.9. The molecule has 1 aliphatic heterocycles. The maximum Gasteiger partial charge on any atom is 0.455 e. The quantitative estimate of drug-likeness (QED) is 0.399. The van der Waals surface area contributed by atoms with Crippen LogP contribution in [0.4, 0.5) is 45.3 Å². The Morgan fingerprint density at radius 1 is 1.00 bits per heavy atom. The van der Waals surface area contributed by atoms with E-state index in [9.17, 15) is 54.9 Å². The number of rotatable bonds is 5. The molecule has 3 atom stereocenters. The van der Waals surface area contributed by atoms with Gasteiger partial charge in [0.15, 0.2) is 28.9 Å². The van der Waals surface area contributed by atoms with Crippen LogP contribution in [0.1, 0.15) is 17.3 Å². The summed E-state index contributed by atoms with van der Waals surface area (Å²) in [6.45, 7) is -0.422. The van der Waals surface area contributed by atoms with E-state index in [4.69, 9.17) is 0 Å². The molecule has 1 amide bonds. The third-order valence-corrected chi connectivity index (χ3v) is 6.21. The highest BCUT2D eigenvalue weighted by Crippen LogP contribution is 2.38. The van der Waals surface area contributed by atoms with Crippen molar-refractivity contribution in [2.24, 2.45) is 0 Å². The molecule has 2 aromatic heterocycles. The fourth-order valence-electron chi connectivity index (χ4n) is 4.09. The van der Waals surface area contributed by atoms with E-state index in [0.717, 1.165) is 4.90 Å². The molecule has 3 unspecified atom stereocenters. The topological polar surface area (TPSA) is 108 Å². The van der Waals surface area contributed by atoms with Crippen molar-refractivity contribution in [3.8, 4) is 5.69 Å². The van der Waals surface area contributed by atoms with E-state index in [0.29, 0.717) is 16.8 Å². The third-order valence-electron chi connectivity index (χ3n) is 6.21. The molecule has 0 saturated carbocycles. The van der Waals surface area contributed by atoms with Crippen molar-refractivity contribution in [3.63, 3.8) is 0 Å². The standard InChI is InChI=1S/C23H17F9N4O4/c1-8(22(28,29)23(30,31)32)33-21(40)11-5-36(17-12(25)2-9(24)3-13(17)26)19-10(18(11)39)4-14(27)20(34-19)35-6-15(37)16(38)7-35/h2-5,8,15-16,37-38H,6-7H2,1H3,(H,33,40). The van der Waals surface area contributed by atoms with Crippen molar-refractivity contribution in [2.45, 2.75) is 37.3 Å². The van der Waals surface area contributed by atoms with Crippen LogP contribution in [0.2, 0.25) is 0 Å². The number of pyridine rings is 2. The largest absolute Gasteiger partial charge is 0.455 e. The molecule has 17 heteroatoms. The Balaban J connectivity index is 1.95. The Bertz CT molecular complexity index is 1530. The lowest BCUT2D eigenvalue weighted by atomic mass is 10.1. The molecule has 1 fully saturated rings. The molecule has 1 aliphatic rings. The summed E-state index contributed by atoms with van der Waals surface area (Å²) >= 11 is 0.